The predicted molar refractivity (Wildman–Crippen MR) is 115 cm³/mol. The van der Waals surface area contributed by atoms with E-state index < -0.39 is 0 Å². The van der Waals surface area contributed by atoms with E-state index in [9.17, 15) is 4.79 Å². The Morgan fingerprint density at radius 3 is 2.38 bits per heavy atom. The number of aliphatic imine (C=N–C) groups is 1. The molecule has 0 spiro atoms. The molecule has 0 saturated heterocycles. The van der Waals surface area contributed by atoms with Crippen LogP contribution in [0.2, 0.25) is 0 Å². The topological polar surface area (TPSA) is 47.9 Å². The average Bonchev–Trinajstić information content (AvgIpc) is 2.93. The van der Waals surface area contributed by atoms with Crippen LogP contribution < -0.4 is 9.47 Å². The molecule has 0 radical (unpaired) electrons. The largest absolute Gasteiger partial charge is 0.493 e. The van der Waals surface area contributed by atoms with Gasteiger partial charge in [0.2, 0.25) is 0 Å². The molecule has 0 bridgehead atoms. The minimum Gasteiger partial charge on any atom is -0.493 e. The minimum atomic E-state index is -0.345. The van der Waals surface area contributed by atoms with E-state index in [-0.39, 0.29) is 17.0 Å². The first-order valence-corrected chi connectivity index (χ1v) is 10.3. The van der Waals surface area contributed by atoms with Gasteiger partial charge in [0.15, 0.2) is 17.3 Å². The minimum absolute atomic E-state index is 0.114. The van der Waals surface area contributed by atoms with Gasteiger partial charge in [0.05, 0.1) is 36.8 Å². The second kappa shape index (κ2) is 7.08. The maximum atomic E-state index is 13.4. The average molecular weight is 401 g/mol. The number of hydrogen-bond acceptors (Lipinski definition) is 5. The van der Waals surface area contributed by atoms with Gasteiger partial charge in [-0.15, -0.1) is 11.8 Å². The zero-order chi connectivity index (χ0) is 20.0. The normalized spacial score (nSPS) is 19.5. The number of carbonyl (C=O) groups excluding carboxylic acids is 1. The van der Waals surface area contributed by atoms with Gasteiger partial charge in [0.25, 0.3) is 0 Å². The maximum Gasteiger partial charge on any atom is 0.174 e. The number of rotatable bonds is 3. The van der Waals surface area contributed by atoms with Crippen molar-refractivity contribution in [3.63, 3.8) is 0 Å². The van der Waals surface area contributed by atoms with Gasteiger partial charge >= 0.3 is 0 Å². The van der Waals surface area contributed by atoms with Crippen LogP contribution in [0.25, 0.3) is 0 Å². The summed E-state index contributed by atoms with van der Waals surface area (Å²) < 4.78 is 10.9. The van der Waals surface area contributed by atoms with Gasteiger partial charge in [-0.1, -0.05) is 42.5 Å². The van der Waals surface area contributed by atoms with Crippen LogP contribution in [0.3, 0.4) is 0 Å². The molecular formula is C24H19NO3S. The molecule has 3 aromatic carbocycles. The summed E-state index contributed by atoms with van der Waals surface area (Å²) in [4.78, 5) is 19.5. The SMILES string of the molecule is COc1ccc([C@@H]2Sc3ccccc3N=C3c4ccccc4C(=O)[C@H]32)cc1OC. The van der Waals surface area contributed by atoms with Gasteiger partial charge in [-0.3, -0.25) is 9.79 Å². The molecule has 0 aromatic heterocycles. The van der Waals surface area contributed by atoms with E-state index in [2.05, 4.69) is 6.07 Å². The number of ether oxygens (including phenoxy) is 2. The van der Waals surface area contributed by atoms with Crippen molar-refractivity contribution < 1.29 is 14.3 Å². The predicted octanol–water partition coefficient (Wildman–Crippen LogP) is 5.48. The number of nitrogens with zero attached hydrogens (tertiary/aromatic N) is 1. The molecule has 1 aliphatic heterocycles. The number of carbonyl (C=O) groups is 1. The highest BCUT2D eigenvalue weighted by Crippen LogP contribution is 2.52. The van der Waals surface area contributed by atoms with Crippen LogP contribution in [0.1, 0.15) is 26.7 Å². The summed E-state index contributed by atoms with van der Waals surface area (Å²) in [5.74, 6) is 1.11. The molecule has 2 atom stereocenters. The molecule has 1 heterocycles. The summed E-state index contributed by atoms with van der Waals surface area (Å²) in [6.07, 6.45) is 0. The van der Waals surface area contributed by atoms with Crippen molar-refractivity contribution in [1.29, 1.82) is 0 Å². The fraction of sp³-hybridized carbons (Fsp3) is 0.167. The molecule has 3 aromatic rings. The Hall–Kier alpha value is -3.05. The van der Waals surface area contributed by atoms with E-state index in [4.69, 9.17) is 14.5 Å². The van der Waals surface area contributed by atoms with Crippen molar-refractivity contribution in [2.24, 2.45) is 10.9 Å². The van der Waals surface area contributed by atoms with Crippen molar-refractivity contribution in [1.82, 2.24) is 0 Å². The summed E-state index contributed by atoms with van der Waals surface area (Å²) >= 11 is 1.68. The van der Waals surface area contributed by atoms with E-state index >= 15 is 0 Å². The molecule has 0 fully saturated rings. The number of Topliss-reactive ketones (excluding diaryl/α,β-unsaturated/α-hetero) is 1. The second-order valence-corrected chi connectivity index (χ2v) is 8.19. The lowest BCUT2D eigenvalue weighted by Gasteiger charge is -2.22. The Kier molecular flexibility index (Phi) is 4.40. The van der Waals surface area contributed by atoms with Crippen molar-refractivity contribution >= 4 is 28.9 Å². The number of ketones is 1. The molecular weight excluding hydrogens is 382 g/mol. The number of benzene rings is 3. The quantitative estimate of drug-likeness (QED) is 0.583. The van der Waals surface area contributed by atoms with Crippen molar-refractivity contribution in [2.75, 3.05) is 14.2 Å². The van der Waals surface area contributed by atoms with E-state index in [1.807, 2.05) is 60.7 Å². The number of fused-ring (bicyclic) bond motifs is 4. The summed E-state index contributed by atoms with van der Waals surface area (Å²) in [5, 5.41) is -0.114. The number of para-hydroxylation sites is 1. The van der Waals surface area contributed by atoms with Crippen molar-refractivity contribution in [3.8, 4) is 11.5 Å². The second-order valence-electron chi connectivity index (χ2n) is 7.01. The fourth-order valence-corrected chi connectivity index (χ4v) is 5.40. The molecule has 144 valence electrons. The molecule has 5 rings (SSSR count). The van der Waals surface area contributed by atoms with Gasteiger partial charge in [-0.2, -0.15) is 0 Å². The van der Waals surface area contributed by atoms with E-state index in [0.29, 0.717) is 11.5 Å². The smallest absolute Gasteiger partial charge is 0.174 e. The first kappa shape index (κ1) is 18.0. The molecule has 4 nitrogen and oxygen atoms in total. The van der Waals surface area contributed by atoms with E-state index in [1.54, 1.807) is 26.0 Å². The lowest BCUT2D eigenvalue weighted by molar-refractivity contribution is 0.0960. The Morgan fingerprint density at radius 1 is 0.862 bits per heavy atom. The standard InChI is InChI=1S/C24H19NO3S/c1-27-18-12-11-14(13-19(18)28-2)24-21-22(15-7-3-4-8-16(15)23(21)26)25-17-9-5-6-10-20(17)29-24/h3-13,21,24H,1-2H3/t21-,24-/m0/s1. The van der Waals surface area contributed by atoms with E-state index in [1.165, 1.54) is 0 Å². The molecule has 1 aliphatic carbocycles. The Bertz CT molecular complexity index is 1150. The lowest BCUT2D eigenvalue weighted by atomic mass is 9.93. The highest BCUT2D eigenvalue weighted by atomic mass is 32.2. The summed E-state index contributed by atoms with van der Waals surface area (Å²) in [7, 11) is 3.25. The first-order valence-electron chi connectivity index (χ1n) is 9.41. The highest BCUT2D eigenvalue weighted by Gasteiger charge is 2.44. The fourth-order valence-electron chi connectivity index (χ4n) is 4.07. The zero-order valence-corrected chi connectivity index (χ0v) is 16.9. The molecule has 0 saturated carbocycles. The lowest BCUT2D eigenvalue weighted by Crippen LogP contribution is -2.22. The van der Waals surface area contributed by atoms with Crippen LogP contribution >= 0.6 is 11.8 Å². The number of hydrogen-bond donors (Lipinski definition) is 0. The van der Waals surface area contributed by atoms with Gasteiger partial charge in [-0.25, -0.2) is 0 Å². The summed E-state index contributed by atoms with van der Waals surface area (Å²) in [6, 6.07) is 21.7. The van der Waals surface area contributed by atoms with Crippen LogP contribution in [-0.2, 0) is 0 Å². The van der Waals surface area contributed by atoms with Gasteiger partial charge in [0, 0.05) is 16.0 Å². The van der Waals surface area contributed by atoms with Crippen LogP contribution in [-0.4, -0.2) is 25.7 Å². The summed E-state index contributed by atoms with van der Waals surface area (Å²) in [6.45, 7) is 0. The Balaban J connectivity index is 1.71. The van der Waals surface area contributed by atoms with Crippen molar-refractivity contribution in [2.45, 2.75) is 10.1 Å². The molecule has 0 N–H and O–H groups in total. The first-order chi connectivity index (χ1) is 14.2. The van der Waals surface area contributed by atoms with Crippen LogP contribution in [0.15, 0.2) is 76.6 Å². The van der Waals surface area contributed by atoms with E-state index in [0.717, 1.165) is 33.0 Å². The molecule has 2 aliphatic rings. The number of methoxy groups -OCH3 is 2. The van der Waals surface area contributed by atoms with Crippen LogP contribution in [0.4, 0.5) is 5.69 Å². The van der Waals surface area contributed by atoms with Gasteiger partial charge in [0.1, 0.15) is 0 Å². The Morgan fingerprint density at radius 2 is 1.59 bits per heavy atom. The zero-order valence-electron chi connectivity index (χ0n) is 16.1. The molecule has 29 heavy (non-hydrogen) atoms. The van der Waals surface area contributed by atoms with Crippen molar-refractivity contribution in [3.05, 3.63) is 83.4 Å². The molecule has 0 unspecified atom stereocenters. The monoisotopic (exact) mass is 401 g/mol. The molecule has 5 heteroatoms. The molecule has 0 amide bonds. The third-order valence-corrected chi connectivity index (χ3v) is 6.84. The van der Waals surface area contributed by atoms with Gasteiger partial charge in [-0.05, 0) is 29.8 Å². The van der Waals surface area contributed by atoms with Crippen LogP contribution in [0, 0.1) is 5.92 Å². The van der Waals surface area contributed by atoms with Crippen LogP contribution in [0.5, 0.6) is 11.5 Å². The third kappa shape index (κ3) is 2.85. The van der Waals surface area contributed by atoms with Gasteiger partial charge < -0.3 is 9.47 Å². The highest BCUT2D eigenvalue weighted by molar-refractivity contribution is 7.99. The maximum absolute atomic E-state index is 13.4. The summed E-state index contributed by atoms with van der Waals surface area (Å²) in [5.41, 5.74) is 4.46. The number of thioether (sulfide) groups is 1. The third-order valence-electron chi connectivity index (χ3n) is 5.44. The Labute approximate surface area is 173 Å².